The number of halogens is 3. The Morgan fingerprint density at radius 1 is 1.04 bits per heavy atom. The molecule has 0 unspecified atom stereocenters. The number of hydrogen-bond donors (Lipinski definition) is 1. The smallest absolute Gasteiger partial charge is 0.321 e. The number of urea groups is 1. The molecule has 2 amide bonds. The summed E-state index contributed by atoms with van der Waals surface area (Å²) in [5, 5.41) is 4.08. The summed E-state index contributed by atoms with van der Waals surface area (Å²) in [7, 11) is 0. The van der Waals surface area contributed by atoms with Gasteiger partial charge in [-0.05, 0) is 48.9 Å². The van der Waals surface area contributed by atoms with Gasteiger partial charge >= 0.3 is 6.03 Å². The monoisotopic (exact) mass is 441 g/mol. The summed E-state index contributed by atoms with van der Waals surface area (Å²) in [6, 6.07) is 11.4. The van der Waals surface area contributed by atoms with Crippen LogP contribution in [0.3, 0.4) is 0 Å². The summed E-state index contributed by atoms with van der Waals surface area (Å²) in [5.41, 5.74) is 2.88. The number of carbonyl (C=O) groups excluding carboxylic acids is 1. The molecule has 0 radical (unpaired) electrons. The molecule has 0 saturated carbocycles. The molecule has 2 aromatic rings. The Kier molecular flexibility index (Phi) is 5.77. The van der Waals surface area contributed by atoms with Crippen LogP contribution in [0.1, 0.15) is 5.56 Å². The zero-order valence-corrected chi connectivity index (χ0v) is 16.8. The zero-order chi connectivity index (χ0) is 18.0. The summed E-state index contributed by atoms with van der Waals surface area (Å²) in [4.78, 5) is 16.5. The first-order valence-electron chi connectivity index (χ1n) is 7.96. The van der Waals surface area contributed by atoms with E-state index in [4.69, 9.17) is 23.2 Å². The molecule has 0 aliphatic carbocycles. The van der Waals surface area contributed by atoms with Crippen molar-refractivity contribution in [3.63, 3.8) is 0 Å². The van der Waals surface area contributed by atoms with E-state index in [1.165, 1.54) is 0 Å². The van der Waals surface area contributed by atoms with Crippen LogP contribution in [0.5, 0.6) is 0 Å². The van der Waals surface area contributed by atoms with Crippen molar-refractivity contribution >= 4 is 56.5 Å². The molecule has 25 heavy (non-hydrogen) atoms. The van der Waals surface area contributed by atoms with Crippen LogP contribution in [-0.4, -0.2) is 37.1 Å². The molecule has 0 spiro atoms. The predicted molar refractivity (Wildman–Crippen MR) is 108 cm³/mol. The van der Waals surface area contributed by atoms with Crippen LogP contribution in [0, 0.1) is 6.92 Å². The van der Waals surface area contributed by atoms with E-state index in [1.807, 2.05) is 42.2 Å². The van der Waals surface area contributed by atoms with Crippen molar-refractivity contribution in [2.24, 2.45) is 0 Å². The highest BCUT2D eigenvalue weighted by molar-refractivity contribution is 9.10. The topological polar surface area (TPSA) is 35.6 Å². The van der Waals surface area contributed by atoms with Crippen molar-refractivity contribution < 1.29 is 4.79 Å². The molecule has 7 heteroatoms. The van der Waals surface area contributed by atoms with E-state index in [1.54, 1.807) is 6.07 Å². The molecular formula is C18H18BrCl2N3O. The van der Waals surface area contributed by atoms with Gasteiger partial charge in [0.1, 0.15) is 0 Å². The van der Waals surface area contributed by atoms with Gasteiger partial charge in [-0.25, -0.2) is 4.79 Å². The van der Waals surface area contributed by atoms with Crippen LogP contribution in [0.2, 0.25) is 10.0 Å². The minimum Gasteiger partial charge on any atom is -0.368 e. The molecule has 132 valence electrons. The average molecular weight is 443 g/mol. The normalized spacial score (nSPS) is 14.6. The fraction of sp³-hybridized carbons (Fsp3) is 0.278. The molecule has 3 rings (SSSR count). The second-order valence-corrected chi connectivity index (χ2v) is 7.69. The van der Waals surface area contributed by atoms with Crippen LogP contribution in [0.25, 0.3) is 0 Å². The second-order valence-electron chi connectivity index (χ2n) is 5.96. The molecule has 1 aliphatic rings. The first kappa shape index (κ1) is 18.4. The summed E-state index contributed by atoms with van der Waals surface area (Å²) in [6.45, 7) is 4.79. The van der Waals surface area contributed by atoms with E-state index in [9.17, 15) is 4.79 Å². The molecule has 0 atom stereocenters. The Balaban J connectivity index is 1.59. The third kappa shape index (κ3) is 4.40. The number of amides is 2. The highest BCUT2D eigenvalue weighted by Crippen LogP contribution is 2.28. The number of hydrogen-bond acceptors (Lipinski definition) is 2. The maximum Gasteiger partial charge on any atom is 0.321 e. The molecule has 1 aliphatic heterocycles. The summed E-state index contributed by atoms with van der Waals surface area (Å²) in [6.07, 6.45) is 0. The SMILES string of the molecule is Cc1cc(Br)ccc1NC(=O)N1CCN(c2ccc(Cl)c(Cl)c2)CC1. The largest absolute Gasteiger partial charge is 0.368 e. The van der Waals surface area contributed by atoms with Gasteiger partial charge in [0.2, 0.25) is 0 Å². The van der Waals surface area contributed by atoms with Crippen LogP contribution >= 0.6 is 39.1 Å². The van der Waals surface area contributed by atoms with E-state index in [0.717, 1.165) is 34.5 Å². The van der Waals surface area contributed by atoms with Crippen molar-refractivity contribution in [3.05, 3.63) is 56.5 Å². The van der Waals surface area contributed by atoms with E-state index in [2.05, 4.69) is 26.1 Å². The van der Waals surface area contributed by atoms with Gasteiger partial charge in [0.15, 0.2) is 0 Å². The van der Waals surface area contributed by atoms with E-state index < -0.39 is 0 Å². The highest BCUT2D eigenvalue weighted by atomic mass is 79.9. The molecule has 4 nitrogen and oxygen atoms in total. The number of rotatable bonds is 2. The summed E-state index contributed by atoms with van der Waals surface area (Å²) < 4.78 is 0.998. The van der Waals surface area contributed by atoms with Gasteiger partial charge in [-0.2, -0.15) is 0 Å². The standard InChI is InChI=1S/C18H18BrCl2N3O/c1-12-10-13(19)2-5-17(12)22-18(25)24-8-6-23(7-9-24)14-3-4-15(20)16(21)11-14/h2-5,10-11H,6-9H2,1H3,(H,22,25). The zero-order valence-electron chi connectivity index (χ0n) is 13.7. The lowest BCUT2D eigenvalue weighted by atomic mass is 10.2. The Labute approximate surface area is 165 Å². The van der Waals surface area contributed by atoms with Crippen molar-refractivity contribution in [3.8, 4) is 0 Å². The molecular weight excluding hydrogens is 425 g/mol. The quantitative estimate of drug-likeness (QED) is 0.673. The minimum absolute atomic E-state index is 0.0702. The lowest BCUT2D eigenvalue weighted by Crippen LogP contribution is -2.50. The van der Waals surface area contributed by atoms with Gasteiger partial charge in [-0.3, -0.25) is 0 Å². The molecule has 1 N–H and O–H groups in total. The first-order chi connectivity index (χ1) is 11.9. The molecule has 0 bridgehead atoms. The fourth-order valence-electron chi connectivity index (χ4n) is 2.81. The summed E-state index contributed by atoms with van der Waals surface area (Å²) in [5.74, 6) is 0. The number of aryl methyl sites for hydroxylation is 1. The van der Waals surface area contributed by atoms with Gasteiger partial charge in [0, 0.05) is 42.0 Å². The molecule has 1 heterocycles. The van der Waals surface area contributed by atoms with E-state index in [-0.39, 0.29) is 6.03 Å². The fourth-order valence-corrected chi connectivity index (χ4v) is 3.58. The molecule has 0 aromatic heterocycles. The van der Waals surface area contributed by atoms with Crippen LogP contribution in [-0.2, 0) is 0 Å². The highest BCUT2D eigenvalue weighted by Gasteiger charge is 2.22. The van der Waals surface area contributed by atoms with Gasteiger partial charge in [0.05, 0.1) is 10.0 Å². The van der Waals surface area contributed by atoms with Crippen molar-refractivity contribution in [2.75, 3.05) is 36.4 Å². The van der Waals surface area contributed by atoms with Crippen molar-refractivity contribution in [2.45, 2.75) is 6.92 Å². The number of benzene rings is 2. The van der Waals surface area contributed by atoms with Gasteiger partial charge < -0.3 is 15.1 Å². The Morgan fingerprint density at radius 3 is 2.40 bits per heavy atom. The van der Waals surface area contributed by atoms with Gasteiger partial charge in [0.25, 0.3) is 0 Å². The van der Waals surface area contributed by atoms with Gasteiger partial charge in [-0.1, -0.05) is 39.1 Å². The minimum atomic E-state index is -0.0702. The van der Waals surface area contributed by atoms with Crippen molar-refractivity contribution in [1.29, 1.82) is 0 Å². The maximum absolute atomic E-state index is 12.5. The number of piperazine rings is 1. The van der Waals surface area contributed by atoms with E-state index in [0.29, 0.717) is 23.1 Å². The Hall–Kier alpha value is -1.43. The number of carbonyl (C=O) groups is 1. The third-order valence-corrected chi connectivity index (χ3v) is 5.50. The Morgan fingerprint density at radius 2 is 1.76 bits per heavy atom. The van der Waals surface area contributed by atoms with Crippen molar-refractivity contribution in [1.82, 2.24) is 4.90 Å². The molecule has 1 saturated heterocycles. The lowest BCUT2D eigenvalue weighted by Gasteiger charge is -2.36. The van der Waals surface area contributed by atoms with Crippen LogP contribution in [0.4, 0.5) is 16.2 Å². The maximum atomic E-state index is 12.5. The number of nitrogens with one attached hydrogen (secondary N) is 1. The third-order valence-electron chi connectivity index (χ3n) is 4.27. The van der Waals surface area contributed by atoms with E-state index >= 15 is 0 Å². The predicted octanol–water partition coefficient (Wildman–Crippen LogP) is 5.42. The first-order valence-corrected chi connectivity index (χ1v) is 9.51. The lowest BCUT2D eigenvalue weighted by molar-refractivity contribution is 0.208. The Bertz CT molecular complexity index is 792. The molecule has 2 aromatic carbocycles. The average Bonchev–Trinajstić information content (AvgIpc) is 2.60. The second kappa shape index (κ2) is 7.85. The van der Waals surface area contributed by atoms with Gasteiger partial charge in [-0.15, -0.1) is 0 Å². The number of nitrogens with zero attached hydrogens (tertiary/aromatic N) is 2. The van der Waals surface area contributed by atoms with Crippen LogP contribution in [0.15, 0.2) is 40.9 Å². The number of anilines is 2. The van der Waals surface area contributed by atoms with Crippen LogP contribution < -0.4 is 10.2 Å². The molecule has 1 fully saturated rings. The summed E-state index contributed by atoms with van der Waals surface area (Å²) >= 11 is 15.5.